The van der Waals surface area contributed by atoms with Crippen LogP contribution in [-0.4, -0.2) is 26.8 Å². The predicted octanol–water partition coefficient (Wildman–Crippen LogP) is 4.19. The van der Waals surface area contributed by atoms with Crippen LogP contribution in [0.1, 0.15) is 28.4 Å². The van der Waals surface area contributed by atoms with Gasteiger partial charge in [-0.15, -0.1) is 0 Å². The van der Waals surface area contributed by atoms with Crippen LogP contribution in [0.5, 0.6) is 0 Å². The summed E-state index contributed by atoms with van der Waals surface area (Å²) in [6, 6.07) is 20.7. The molecule has 0 aromatic heterocycles. The zero-order valence-corrected chi connectivity index (χ0v) is 18.7. The van der Waals surface area contributed by atoms with Crippen molar-refractivity contribution in [1.29, 1.82) is 0 Å². The second-order valence-electron chi connectivity index (χ2n) is 7.96. The Morgan fingerprint density at radius 3 is 2.41 bits per heavy atom. The molecule has 1 heterocycles. The van der Waals surface area contributed by atoms with Gasteiger partial charge in [-0.3, -0.25) is 9.59 Å². The molecule has 1 atom stereocenters. The summed E-state index contributed by atoms with van der Waals surface area (Å²) in [5.74, 6) is -0.807. The fourth-order valence-electron chi connectivity index (χ4n) is 4.01. The number of nitrogens with zero attached hydrogens (tertiary/aromatic N) is 1. The molecule has 0 saturated heterocycles. The maximum absolute atomic E-state index is 13.5. The lowest BCUT2D eigenvalue weighted by molar-refractivity contribution is -0.121. The summed E-state index contributed by atoms with van der Waals surface area (Å²) in [6.07, 6.45) is -0.238. The molecule has 0 spiro atoms. The van der Waals surface area contributed by atoms with Crippen LogP contribution in [0.4, 0.5) is 11.4 Å². The number of para-hydroxylation sites is 1. The van der Waals surface area contributed by atoms with Gasteiger partial charge < -0.3 is 10.2 Å². The highest BCUT2D eigenvalue weighted by molar-refractivity contribution is 7.92. The molecule has 1 unspecified atom stereocenters. The Morgan fingerprint density at radius 2 is 1.69 bits per heavy atom. The van der Waals surface area contributed by atoms with Crippen molar-refractivity contribution in [2.45, 2.75) is 30.4 Å². The molecule has 0 radical (unpaired) electrons. The van der Waals surface area contributed by atoms with Gasteiger partial charge in [-0.2, -0.15) is 0 Å². The van der Waals surface area contributed by atoms with Crippen molar-refractivity contribution >= 4 is 33.0 Å². The monoisotopic (exact) mass is 448 g/mol. The molecule has 6 nitrogen and oxygen atoms in total. The van der Waals surface area contributed by atoms with Crippen LogP contribution in [0.25, 0.3) is 0 Å². The standard InChI is InChI=1S/C25H24N2O4S/c1-17-12-13-20(18(2)14-17)26-24(28)16-27-21-10-6-7-11-22(21)32(30,31)23(15-25(27)29)19-8-4-3-5-9-19/h3-14,23H,15-16H2,1-2H3,(H,26,28). The molecule has 32 heavy (non-hydrogen) atoms. The zero-order chi connectivity index (χ0) is 22.9. The first kappa shape index (κ1) is 21.8. The third-order valence-electron chi connectivity index (χ3n) is 5.63. The average Bonchev–Trinajstić information content (AvgIpc) is 2.85. The molecule has 3 aromatic carbocycles. The molecule has 7 heteroatoms. The van der Waals surface area contributed by atoms with Gasteiger partial charge >= 0.3 is 0 Å². The number of anilines is 2. The van der Waals surface area contributed by atoms with Crippen molar-refractivity contribution in [3.8, 4) is 0 Å². The van der Waals surface area contributed by atoms with E-state index in [4.69, 9.17) is 0 Å². The second kappa shape index (κ2) is 8.59. The van der Waals surface area contributed by atoms with Crippen LogP contribution in [0, 0.1) is 13.8 Å². The minimum absolute atomic E-state index is 0.0546. The Hall–Kier alpha value is -3.45. The van der Waals surface area contributed by atoms with Gasteiger partial charge in [0, 0.05) is 12.1 Å². The molecule has 4 rings (SSSR count). The van der Waals surface area contributed by atoms with E-state index in [9.17, 15) is 18.0 Å². The number of fused-ring (bicyclic) bond motifs is 1. The number of carbonyl (C=O) groups is 2. The van der Waals surface area contributed by atoms with E-state index in [0.717, 1.165) is 11.1 Å². The number of aryl methyl sites for hydroxylation is 2. The number of hydrogen-bond donors (Lipinski definition) is 1. The van der Waals surface area contributed by atoms with E-state index in [1.165, 1.54) is 11.0 Å². The molecule has 0 saturated carbocycles. The molecule has 1 aliphatic heterocycles. The van der Waals surface area contributed by atoms with E-state index in [1.807, 2.05) is 32.0 Å². The Balaban J connectivity index is 1.69. The number of rotatable bonds is 4. The lowest BCUT2D eigenvalue weighted by Crippen LogP contribution is -2.38. The number of sulfone groups is 1. The van der Waals surface area contributed by atoms with Crippen molar-refractivity contribution in [1.82, 2.24) is 0 Å². The van der Waals surface area contributed by atoms with Crippen molar-refractivity contribution < 1.29 is 18.0 Å². The lowest BCUT2D eigenvalue weighted by Gasteiger charge is -2.22. The quantitative estimate of drug-likeness (QED) is 0.649. The van der Waals surface area contributed by atoms with Gasteiger partial charge in [0.05, 0.1) is 15.8 Å². The summed E-state index contributed by atoms with van der Waals surface area (Å²) in [5.41, 5.74) is 3.43. The molecular weight excluding hydrogens is 424 g/mol. The molecule has 0 fully saturated rings. The SMILES string of the molecule is Cc1ccc(NC(=O)CN2C(=O)CC(c3ccccc3)S(=O)(=O)c3ccccc32)c(C)c1. The van der Waals surface area contributed by atoms with E-state index < -0.39 is 26.9 Å². The summed E-state index contributed by atoms with van der Waals surface area (Å²) < 4.78 is 27.0. The van der Waals surface area contributed by atoms with Crippen molar-refractivity contribution in [2.24, 2.45) is 0 Å². The Morgan fingerprint density at radius 1 is 1.00 bits per heavy atom. The van der Waals surface area contributed by atoms with E-state index >= 15 is 0 Å². The van der Waals surface area contributed by atoms with Gasteiger partial charge in [0.1, 0.15) is 6.54 Å². The topological polar surface area (TPSA) is 83.6 Å². The van der Waals surface area contributed by atoms with E-state index in [1.54, 1.807) is 48.5 Å². The van der Waals surface area contributed by atoms with Crippen LogP contribution in [0.3, 0.4) is 0 Å². The van der Waals surface area contributed by atoms with Gasteiger partial charge in [-0.25, -0.2) is 8.42 Å². The summed E-state index contributed by atoms with van der Waals surface area (Å²) in [7, 11) is -3.84. The Kier molecular flexibility index (Phi) is 5.84. The third-order valence-corrected chi connectivity index (χ3v) is 7.77. The van der Waals surface area contributed by atoms with Crippen LogP contribution in [0.2, 0.25) is 0 Å². The fourth-order valence-corrected chi connectivity index (χ4v) is 5.93. The average molecular weight is 449 g/mol. The molecule has 164 valence electrons. The summed E-state index contributed by atoms with van der Waals surface area (Å²) in [4.78, 5) is 27.4. The minimum Gasteiger partial charge on any atom is -0.324 e. The first-order valence-electron chi connectivity index (χ1n) is 10.3. The predicted molar refractivity (Wildman–Crippen MR) is 124 cm³/mol. The van der Waals surface area contributed by atoms with Crippen molar-refractivity contribution in [3.05, 3.63) is 89.5 Å². The fraction of sp³-hybridized carbons (Fsp3) is 0.200. The molecule has 1 aliphatic rings. The highest BCUT2D eigenvalue weighted by Gasteiger charge is 2.39. The summed E-state index contributed by atoms with van der Waals surface area (Å²) in [6.45, 7) is 3.58. The van der Waals surface area contributed by atoms with Gasteiger partial charge in [-0.1, -0.05) is 60.2 Å². The van der Waals surface area contributed by atoms with Gasteiger partial charge in [0.15, 0.2) is 9.84 Å². The second-order valence-corrected chi connectivity index (χ2v) is 10.1. The molecule has 2 amide bonds. The van der Waals surface area contributed by atoms with Crippen LogP contribution < -0.4 is 10.2 Å². The maximum Gasteiger partial charge on any atom is 0.244 e. The number of amides is 2. The van der Waals surface area contributed by atoms with Crippen LogP contribution in [0.15, 0.2) is 77.7 Å². The highest BCUT2D eigenvalue weighted by atomic mass is 32.2. The van der Waals surface area contributed by atoms with Crippen molar-refractivity contribution in [2.75, 3.05) is 16.8 Å². The largest absolute Gasteiger partial charge is 0.324 e. The lowest BCUT2D eigenvalue weighted by atomic mass is 10.1. The summed E-state index contributed by atoms with van der Waals surface area (Å²) >= 11 is 0. The van der Waals surface area contributed by atoms with Gasteiger partial charge in [0.25, 0.3) is 0 Å². The Bertz CT molecular complexity index is 1290. The normalized spacial score (nSPS) is 17.4. The third kappa shape index (κ3) is 4.16. The van der Waals surface area contributed by atoms with E-state index in [2.05, 4.69) is 5.32 Å². The molecular formula is C25H24N2O4S. The number of benzene rings is 3. The molecule has 0 aliphatic carbocycles. The van der Waals surface area contributed by atoms with Gasteiger partial charge in [-0.05, 0) is 43.2 Å². The highest BCUT2D eigenvalue weighted by Crippen LogP contribution is 2.40. The minimum atomic E-state index is -3.84. The molecule has 0 bridgehead atoms. The van der Waals surface area contributed by atoms with Crippen LogP contribution >= 0.6 is 0 Å². The molecule has 1 N–H and O–H groups in total. The summed E-state index contributed by atoms with van der Waals surface area (Å²) in [5, 5.41) is 1.83. The Labute approximate surface area is 187 Å². The van der Waals surface area contributed by atoms with E-state index in [0.29, 0.717) is 11.3 Å². The number of nitrogens with one attached hydrogen (secondary N) is 1. The number of carbonyl (C=O) groups excluding carboxylic acids is 2. The van der Waals surface area contributed by atoms with E-state index in [-0.39, 0.29) is 23.5 Å². The zero-order valence-electron chi connectivity index (χ0n) is 17.9. The van der Waals surface area contributed by atoms with Gasteiger partial charge in [0.2, 0.25) is 11.8 Å². The molecule has 3 aromatic rings. The number of hydrogen-bond acceptors (Lipinski definition) is 4. The van der Waals surface area contributed by atoms with Crippen molar-refractivity contribution in [3.63, 3.8) is 0 Å². The first-order valence-corrected chi connectivity index (χ1v) is 11.9. The first-order chi connectivity index (χ1) is 15.3. The van der Waals surface area contributed by atoms with Crippen LogP contribution in [-0.2, 0) is 19.4 Å². The smallest absolute Gasteiger partial charge is 0.244 e. The maximum atomic E-state index is 13.5.